The van der Waals surface area contributed by atoms with Crippen molar-refractivity contribution in [1.82, 2.24) is 0 Å². The average Bonchev–Trinajstić information content (AvgIpc) is 2.51. The molecule has 20 heavy (non-hydrogen) atoms. The second-order valence-electron chi connectivity index (χ2n) is 4.34. The predicted molar refractivity (Wildman–Crippen MR) is 92.2 cm³/mol. The summed E-state index contributed by atoms with van der Waals surface area (Å²) in [4.78, 5) is 2.25. The molecule has 0 fully saturated rings. The monoisotopic (exact) mass is 279 g/mol. The van der Waals surface area contributed by atoms with E-state index in [0.717, 1.165) is 0 Å². The molecule has 0 aliphatic rings. The van der Waals surface area contributed by atoms with E-state index < -0.39 is 0 Å². The smallest absolute Gasteiger partial charge is 0.0461 e. The molecule has 0 bridgehead atoms. The van der Waals surface area contributed by atoms with Gasteiger partial charge in [-0.15, -0.1) is 0 Å². The highest BCUT2D eigenvalue weighted by molar-refractivity contribution is 6.92. The number of benzene rings is 3. The molecular formula is C18H18NP. The molecule has 1 atom stereocenters. The summed E-state index contributed by atoms with van der Waals surface area (Å²) in [6.07, 6.45) is 0. The van der Waals surface area contributed by atoms with Crippen molar-refractivity contribution in [2.45, 2.75) is 0 Å². The first kappa shape index (κ1) is 14.3. The van der Waals surface area contributed by atoms with Gasteiger partial charge in [-0.2, -0.15) is 9.90 Å². The molecule has 0 N–H and O–H groups in total. The van der Waals surface area contributed by atoms with Crippen molar-refractivity contribution in [2.75, 3.05) is 4.90 Å². The van der Waals surface area contributed by atoms with Crippen LogP contribution in [-0.4, -0.2) is 0 Å². The number of hydrogen-bond acceptors (Lipinski definition) is 1. The molecule has 0 aliphatic heterocycles. The molecule has 0 spiro atoms. The summed E-state index contributed by atoms with van der Waals surface area (Å²) in [7, 11) is 0. The van der Waals surface area contributed by atoms with Gasteiger partial charge < -0.3 is 4.90 Å². The first-order valence-electron chi connectivity index (χ1n) is 6.40. The van der Waals surface area contributed by atoms with Crippen molar-refractivity contribution >= 4 is 27.0 Å². The van der Waals surface area contributed by atoms with Gasteiger partial charge in [0.05, 0.1) is 0 Å². The van der Waals surface area contributed by atoms with Gasteiger partial charge in [0.2, 0.25) is 0 Å². The maximum atomic E-state index is 2.25. The van der Waals surface area contributed by atoms with Gasteiger partial charge in [-0.1, -0.05) is 54.6 Å². The molecule has 0 heterocycles. The van der Waals surface area contributed by atoms with Crippen molar-refractivity contribution in [3.8, 4) is 0 Å². The second-order valence-corrected chi connectivity index (χ2v) is 4.34. The van der Waals surface area contributed by atoms with Crippen LogP contribution >= 0.6 is 9.90 Å². The lowest BCUT2D eigenvalue weighted by Gasteiger charge is -2.25. The fourth-order valence-corrected chi connectivity index (χ4v) is 2.18. The van der Waals surface area contributed by atoms with E-state index in [0.29, 0.717) is 0 Å². The van der Waals surface area contributed by atoms with E-state index in [1.165, 1.54) is 17.1 Å². The molecule has 3 aromatic rings. The molecule has 1 nitrogen and oxygen atoms in total. The quantitative estimate of drug-likeness (QED) is 0.594. The van der Waals surface area contributed by atoms with Crippen LogP contribution in [-0.2, 0) is 0 Å². The zero-order valence-corrected chi connectivity index (χ0v) is 12.7. The van der Waals surface area contributed by atoms with E-state index in [1.54, 1.807) is 0 Å². The lowest BCUT2D eigenvalue weighted by molar-refractivity contribution is 1.28. The number of para-hydroxylation sites is 3. The summed E-state index contributed by atoms with van der Waals surface area (Å²) >= 11 is 0. The van der Waals surface area contributed by atoms with Gasteiger partial charge in [0.25, 0.3) is 0 Å². The molecule has 0 saturated carbocycles. The molecular weight excluding hydrogens is 261 g/mol. The summed E-state index contributed by atoms with van der Waals surface area (Å²) in [5, 5.41) is 0. The van der Waals surface area contributed by atoms with Crippen LogP contribution in [0.2, 0.25) is 0 Å². The highest BCUT2D eigenvalue weighted by atomic mass is 31.0. The molecule has 0 saturated heterocycles. The van der Waals surface area contributed by atoms with Crippen LogP contribution in [0.25, 0.3) is 0 Å². The van der Waals surface area contributed by atoms with Crippen LogP contribution in [0.4, 0.5) is 17.1 Å². The summed E-state index contributed by atoms with van der Waals surface area (Å²) in [6.45, 7) is 0. The lowest BCUT2D eigenvalue weighted by atomic mass is 10.2. The molecule has 3 rings (SSSR count). The van der Waals surface area contributed by atoms with Crippen LogP contribution in [0.3, 0.4) is 0 Å². The Morgan fingerprint density at radius 3 is 0.900 bits per heavy atom. The van der Waals surface area contributed by atoms with E-state index in [2.05, 4.69) is 77.7 Å². The SMILES string of the molecule is P.c1ccc(N(c2ccccc2)c2ccccc2)cc1. The Morgan fingerprint density at radius 2 is 0.650 bits per heavy atom. The number of rotatable bonds is 3. The highest BCUT2D eigenvalue weighted by Crippen LogP contribution is 2.33. The fraction of sp³-hybridized carbons (Fsp3) is 0. The molecule has 1 unspecified atom stereocenters. The minimum Gasteiger partial charge on any atom is -0.311 e. The Kier molecular flexibility index (Phi) is 4.92. The largest absolute Gasteiger partial charge is 0.311 e. The van der Waals surface area contributed by atoms with Crippen molar-refractivity contribution in [1.29, 1.82) is 0 Å². The molecule has 0 aliphatic carbocycles. The van der Waals surface area contributed by atoms with E-state index in [1.807, 2.05) is 18.2 Å². The molecule has 3 aromatic carbocycles. The number of nitrogens with zero attached hydrogens (tertiary/aromatic N) is 1. The molecule has 100 valence electrons. The Morgan fingerprint density at radius 1 is 0.400 bits per heavy atom. The van der Waals surface area contributed by atoms with Crippen LogP contribution in [0.5, 0.6) is 0 Å². The van der Waals surface area contributed by atoms with Crippen molar-refractivity contribution < 1.29 is 0 Å². The average molecular weight is 279 g/mol. The van der Waals surface area contributed by atoms with Crippen molar-refractivity contribution in [3.63, 3.8) is 0 Å². The van der Waals surface area contributed by atoms with Crippen molar-refractivity contribution in [3.05, 3.63) is 91.0 Å². The summed E-state index contributed by atoms with van der Waals surface area (Å²) in [6, 6.07) is 31.3. The lowest BCUT2D eigenvalue weighted by Crippen LogP contribution is -2.09. The summed E-state index contributed by atoms with van der Waals surface area (Å²) < 4.78 is 0. The standard InChI is InChI=1S/C18H15N.H3P/c1-4-10-16(11-5-1)19(17-12-6-2-7-13-17)18-14-8-3-9-15-18;/h1-15H;1H3. The van der Waals surface area contributed by atoms with E-state index in [4.69, 9.17) is 0 Å². The number of hydrogen-bond donors (Lipinski definition) is 0. The van der Waals surface area contributed by atoms with Crippen LogP contribution in [0, 0.1) is 0 Å². The molecule has 0 aromatic heterocycles. The third-order valence-electron chi connectivity index (χ3n) is 3.04. The van der Waals surface area contributed by atoms with E-state index in [-0.39, 0.29) is 9.90 Å². The van der Waals surface area contributed by atoms with Gasteiger partial charge in [0.1, 0.15) is 0 Å². The Hall–Kier alpha value is -2.11. The third kappa shape index (κ3) is 3.07. The van der Waals surface area contributed by atoms with E-state index >= 15 is 0 Å². The zero-order chi connectivity index (χ0) is 12.9. The van der Waals surface area contributed by atoms with Gasteiger partial charge in [-0.05, 0) is 36.4 Å². The third-order valence-corrected chi connectivity index (χ3v) is 3.04. The maximum absolute atomic E-state index is 2.25. The van der Waals surface area contributed by atoms with Gasteiger partial charge in [0.15, 0.2) is 0 Å². The first-order valence-corrected chi connectivity index (χ1v) is 6.40. The van der Waals surface area contributed by atoms with Crippen LogP contribution in [0.15, 0.2) is 91.0 Å². The number of anilines is 3. The zero-order valence-electron chi connectivity index (χ0n) is 11.3. The molecule has 0 radical (unpaired) electrons. The Balaban J connectivity index is 0.00000147. The van der Waals surface area contributed by atoms with Gasteiger partial charge in [0, 0.05) is 17.1 Å². The summed E-state index contributed by atoms with van der Waals surface area (Å²) in [5.74, 6) is 0. The topological polar surface area (TPSA) is 3.24 Å². The minimum atomic E-state index is 0. The van der Waals surface area contributed by atoms with Crippen LogP contribution < -0.4 is 4.90 Å². The maximum Gasteiger partial charge on any atom is 0.0461 e. The Bertz CT molecular complexity index is 529. The normalized spacial score (nSPS) is 9.60. The van der Waals surface area contributed by atoms with Crippen LogP contribution in [0.1, 0.15) is 0 Å². The second kappa shape index (κ2) is 6.88. The summed E-state index contributed by atoms with van der Waals surface area (Å²) in [5.41, 5.74) is 3.50. The first-order chi connectivity index (χ1) is 9.45. The minimum absolute atomic E-state index is 0. The molecule has 0 amide bonds. The fourth-order valence-electron chi connectivity index (χ4n) is 2.18. The van der Waals surface area contributed by atoms with Gasteiger partial charge in [-0.3, -0.25) is 0 Å². The predicted octanol–water partition coefficient (Wildman–Crippen LogP) is 5.21. The highest BCUT2D eigenvalue weighted by Gasteiger charge is 2.10. The van der Waals surface area contributed by atoms with Gasteiger partial charge in [-0.25, -0.2) is 0 Å². The molecule has 2 heteroatoms. The Labute approximate surface area is 123 Å². The van der Waals surface area contributed by atoms with E-state index in [9.17, 15) is 0 Å². The van der Waals surface area contributed by atoms with Gasteiger partial charge >= 0.3 is 0 Å². The van der Waals surface area contributed by atoms with Crippen molar-refractivity contribution in [2.24, 2.45) is 0 Å².